The quantitative estimate of drug-likeness (QED) is 0.444. The number of thioether (sulfide) groups is 1. The second-order valence-electron chi connectivity index (χ2n) is 6.64. The summed E-state index contributed by atoms with van der Waals surface area (Å²) in [6.07, 6.45) is 3.41. The average Bonchev–Trinajstić information content (AvgIpc) is 2.23. The lowest BCUT2D eigenvalue weighted by Crippen LogP contribution is -2.43. The molecule has 3 N–H and O–H groups in total. The number of nitrogens with zero attached hydrogens (tertiary/aromatic N) is 1. The number of rotatable bonds is 6. The first-order chi connectivity index (χ1) is 8.23. The smallest absolute Gasteiger partial charge is 0.0963 e. The van der Waals surface area contributed by atoms with Crippen molar-refractivity contribution in [1.29, 1.82) is 5.41 Å². The molecule has 0 aliphatic carbocycles. The van der Waals surface area contributed by atoms with Crippen LogP contribution >= 0.6 is 11.8 Å². The van der Waals surface area contributed by atoms with Gasteiger partial charge in [0.15, 0.2) is 0 Å². The molecule has 4 heteroatoms. The van der Waals surface area contributed by atoms with E-state index in [1.807, 2.05) is 0 Å². The molecule has 1 aliphatic rings. The van der Waals surface area contributed by atoms with Gasteiger partial charge >= 0.3 is 0 Å². The lowest BCUT2D eigenvalue weighted by atomic mass is 9.86. The predicted octanol–water partition coefficient (Wildman–Crippen LogP) is 2.95. The van der Waals surface area contributed by atoms with Gasteiger partial charge in [0.25, 0.3) is 0 Å². The number of amidine groups is 1. The largest absolute Gasteiger partial charge is 0.387 e. The van der Waals surface area contributed by atoms with Crippen LogP contribution in [0.3, 0.4) is 0 Å². The van der Waals surface area contributed by atoms with Gasteiger partial charge in [0.05, 0.1) is 5.84 Å². The second-order valence-corrected chi connectivity index (χ2v) is 8.44. The maximum absolute atomic E-state index is 7.55. The molecule has 0 bridgehead atoms. The highest BCUT2D eigenvalue weighted by Crippen LogP contribution is 2.30. The standard InChI is InChI=1S/C14H29N3S/c1-13(2,12(15)16)7-5-6-8-17-9-10-18-14(3,4)11-17/h5-11H2,1-4H3,(H3,15,16). The van der Waals surface area contributed by atoms with E-state index in [9.17, 15) is 0 Å². The van der Waals surface area contributed by atoms with Gasteiger partial charge in [0.1, 0.15) is 0 Å². The van der Waals surface area contributed by atoms with Crippen molar-refractivity contribution in [3.05, 3.63) is 0 Å². The molecule has 0 saturated carbocycles. The van der Waals surface area contributed by atoms with E-state index in [1.54, 1.807) is 0 Å². The molecule has 0 atom stereocenters. The number of hydrogen-bond donors (Lipinski definition) is 2. The van der Waals surface area contributed by atoms with Gasteiger partial charge in [0.2, 0.25) is 0 Å². The molecule has 0 spiro atoms. The van der Waals surface area contributed by atoms with Gasteiger partial charge in [-0.25, -0.2) is 0 Å². The van der Waals surface area contributed by atoms with Crippen molar-refractivity contribution < 1.29 is 0 Å². The van der Waals surface area contributed by atoms with E-state index in [0.29, 0.717) is 10.6 Å². The maximum atomic E-state index is 7.55. The Bertz CT molecular complexity index is 287. The van der Waals surface area contributed by atoms with Crippen molar-refractivity contribution in [3.8, 4) is 0 Å². The summed E-state index contributed by atoms with van der Waals surface area (Å²) >= 11 is 2.09. The molecule has 0 radical (unpaired) electrons. The Labute approximate surface area is 116 Å². The third-order valence-corrected chi connectivity index (χ3v) is 5.06. The van der Waals surface area contributed by atoms with Crippen LogP contribution in [0.1, 0.15) is 47.0 Å². The van der Waals surface area contributed by atoms with Crippen LogP contribution in [0.15, 0.2) is 0 Å². The van der Waals surface area contributed by atoms with E-state index in [1.165, 1.54) is 31.8 Å². The Kier molecular flexibility index (Phi) is 5.53. The van der Waals surface area contributed by atoms with E-state index >= 15 is 0 Å². The number of hydrogen-bond acceptors (Lipinski definition) is 3. The van der Waals surface area contributed by atoms with Gasteiger partial charge < -0.3 is 10.6 Å². The van der Waals surface area contributed by atoms with E-state index in [0.717, 1.165) is 12.8 Å². The van der Waals surface area contributed by atoms with Crippen molar-refractivity contribution in [1.82, 2.24) is 4.90 Å². The number of unbranched alkanes of at least 4 members (excludes halogenated alkanes) is 1. The first-order valence-electron chi connectivity index (χ1n) is 6.94. The van der Waals surface area contributed by atoms with E-state index in [-0.39, 0.29) is 5.41 Å². The molecule has 1 fully saturated rings. The SMILES string of the molecule is CC1(C)CN(CCCCC(C)(C)C(=N)N)CCS1. The minimum atomic E-state index is -0.128. The first kappa shape index (κ1) is 15.8. The molecule has 0 amide bonds. The Hall–Kier alpha value is -0.220. The highest BCUT2D eigenvalue weighted by molar-refractivity contribution is 8.00. The van der Waals surface area contributed by atoms with E-state index < -0.39 is 0 Å². The molecular weight excluding hydrogens is 242 g/mol. The molecule has 0 aromatic rings. The van der Waals surface area contributed by atoms with Crippen LogP contribution in [0.4, 0.5) is 0 Å². The van der Waals surface area contributed by atoms with Gasteiger partial charge in [-0.3, -0.25) is 5.41 Å². The fraction of sp³-hybridized carbons (Fsp3) is 0.929. The summed E-state index contributed by atoms with van der Waals surface area (Å²) < 4.78 is 0.414. The van der Waals surface area contributed by atoms with Crippen LogP contribution in [0.5, 0.6) is 0 Å². The van der Waals surface area contributed by atoms with Gasteiger partial charge in [-0.15, -0.1) is 0 Å². The molecule has 1 saturated heterocycles. The molecule has 0 aromatic carbocycles. The Morgan fingerprint density at radius 3 is 2.61 bits per heavy atom. The molecule has 1 aliphatic heterocycles. The van der Waals surface area contributed by atoms with E-state index in [4.69, 9.17) is 11.1 Å². The van der Waals surface area contributed by atoms with Gasteiger partial charge in [0, 0.05) is 29.0 Å². The highest BCUT2D eigenvalue weighted by Gasteiger charge is 2.26. The summed E-state index contributed by atoms with van der Waals surface area (Å²) in [6, 6.07) is 0. The van der Waals surface area contributed by atoms with Crippen LogP contribution in [-0.4, -0.2) is 40.9 Å². The monoisotopic (exact) mass is 271 g/mol. The lowest BCUT2D eigenvalue weighted by Gasteiger charge is -2.37. The minimum Gasteiger partial charge on any atom is -0.387 e. The molecule has 106 valence electrons. The number of nitrogens with one attached hydrogen (secondary N) is 1. The zero-order valence-electron chi connectivity index (χ0n) is 12.4. The predicted molar refractivity (Wildman–Crippen MR) is 82.5 cm³/mol. The van der Waals surface area contributed by atoms with E-state index in [2.05, 4.69) is 44.4 Å². The first-order valence-corrected chi connectivity index (χ1v) is 7.92. The Balaban J connectivity index is 2.20. The topological polar surface area (TPSA) is 53.1 Å². The molecule has 1 rings (SSSR count). The molecule has 3 nitrogen and oxygen atoms in total. The minimum absolute atomic E-state index is 0.128. The lowest BCUT2D eigenvalue weighted by molar-refractivity contribution is 0.251. The Morgan fingerprint density at radius 1 is 1.39 bits per heavy atom. The fourth-order valence-electron chi connectivity index (χ4n) is 2.34. The summed E-state index contributed by atoms with van der Waals surface area (Å²) in [5.41, 5.74) is 5.47. The van der Waals surface area contributed by atoms with Crippen molar-refractivity contribution in [2.24, 2.45) is 11.1 Å². The summed E-state index contributed by atoms with van der Waals surface area (Å²) in [4.78, 5) is 2.58. The van der Waals surface area contributed by atoms with Crippen molar-refractivity contribution in [3.63, 3.8) is 0 Å². The molecule has 0 aromatic heterocycles. The normalized spacial score (nSPS) is 20.9. The zero-order valence-corrected chi connectivity index (χ0v) is 13.2. The number of nitrogens with two attached hydrogens (primary N) is 1. The molecule has 0 unspecified atom stereocenters. The molecular formula is C14H29N3S. The van der Waals surface area contributed by atoms with Crippen LogP contribution < -0.4 is 5.73 Å². The fourth-order valence-corrected chi connectivity index (χ4v) is 3.52. The molecule has 1 heterocycles. The third kappa shape index (κ3) is 5.19. The van der Waals surface area contributed by atoms with Gasteiger partial charge in [-0.05, 0) is 33.2 Å². The van der Waals surface area contributed by atoms with Crippen molar-refractivity contribution in [2.75, 3.05) is 25.4 Å². The average molecular weight is 271 g/mol. The van der Waals surface area contributed by atoms with Gasteiger partial charge in [-0.2, -0.15) is 11.8 Å². The van der Waals surface area contributed by atoms with Crippen LogP contribution in [0.2, 0.25) is 0 Å². The third-order valence-electron chi connectivity index (χ3n) is 3.76. The van der Waals surface area contributed by atoms with Crippen molar-refractivity contribution >= 4 is 17.6 Å². The second kappa shape index (κ2) is 6.29. The summed E-state index contributed by atoms with van der Waals surface area (Å²) in [5.74, 6) is 1.57. The summed E-state index contributed by atoms with van der Waals surface area (Å²) in [7, 11) is 0. The van der Waals surface area contributed by atoms with Crippen LogP contribution in [0.25, 0.3) is 0 Å². The Morgan fingerprint density at radius 2 is 2.06 bits per heavy atom. The van der Waals surface area contributed by atoms with Gasteiger partial charge in [-0.1, -0.05) is 20.3 Å². The maximum Gasteiger partial charge on any atom is 0.0963 e. The summed E-state index contributed by atoms with van der Waals surface area (Å²) in [6.45, 7) is 12.4. The highest BCUT2D eigenvalue weighted by atomic mass is 32.2. The molecule has 18 heavy (non-hydrogen) atoms. The van der Waals surface area contributed by atoms with Crippen molar-refractivity contribution in [2.45, 2.75) is 51.7 Å². The van der Waals surface area contributed by atoms with Crippen LogP contribution in [0, 0.1) is 10.8 Å². The summed E-state index contributed by atoms with van der Waals surface area (Å²) in [5, 5.41) is 7.55. The zero-order chi connectivity index (χ0) is 13.8. The van der Waals surface area contributed by atoms with Crippen LogP contribution in [-0.2, 0) is 0 Å².